The highest BCUT2D eigenvalue weighted by atomic mass is 79.9. The molecule has 0 amide bonds. The van der Waals surface area contributed by atoms with E-state index in [0.29, 0.717) is 0 Å². The summed E-state index contributed by atoms with van der Waals surface area (Å²) in [4.78, 5) is 0. The van der Waals surface area contributed by atoms with Gasteiger partial charge in [0.2, 0.25) is 0 Å². The minimum atomic E-state index is 0. The number of halogens is 2. The molecule has 3 heterocycles. The number of hydrogen-bond acceptors (Lipinski definition) is 0. The van der Waals surface area contributed by atoms with Gasteiger partial charge in [-0.05, 0) is 11.1 Å². The van der Waals surface area contributed by atoms with Gasteiger partial charge in [-0.15, -0.1) is 0 Å². The lowest BCUT2D eigenvalue weighted by molar-refractivity contribution is -1.08. The zero-order chi connectivity index (χ0) is 16.3. The molecule has 2 nitrogen and oxygen atoms in total. The molecule has 0 N–H and O–H groups in total. The van der Waals surface area contributed by atoms with E-state index in [9.17, 15) is 0 Å². The summed E-state index contributed by atoms with van der Waals surface area (Å²) in [6.45, 7) is 11.0. The number of piperazine rings is 3. The first-order valence-electron chi connectivity index (χ1n) is 9.56. The van der Waals surface area contributed by atoms with Gasteiger partial charge in [-0.1, -0.05) is 60.7 Å². The average Bonchev–Trinajstić information content (AvgIpc) is 2.68. The van der Waals surface area contributed by atoms with Gasteiger partial charge in [0.05, 0.1) is 13.1 Å². The molecule has 2 aromatic rings. The van der Waals surface area contributed by atoms with Crippen molar-refractivity contribution in [2.75, 3.05) is 52.4 Å². The third-order valence-corrected chi connectivity index (χ3v) is 6.58. The van der Waals surface area contributed by atoms with Gasteiger partial charge >= 0.3 is 0 Å². The Kier molecular flexibility index (Phi) is 7.90. The van der Waals surface area contributed by atoms with E-state index in [2.05, 4.69) is 60.7 Å². The second-order valence-corrected chi connectivity index (χ2v) is 7.94. The number of rotatable bonds is 6. The molecule has 3 aliphatic rings. The smallest absolute Gasteiger partial charge is 0.129 e. The Balaban J connectivity index is 0.00000121. The summed E-state index contributed by atoms with van der Waals surface area (Å²) in [6, 6.07) is 22.1. The third-order valence-electron chi connectivity index (χ3n) is 6.58. The maximum Gasteiger partial charge on any atom is 0.129 e. The first-order chi connectivity index (χ1) is 11.8. The summed E-state index contributed by atoms with van der Waals surface area (Å²) in [7, 11) is 0. The molecule has 3 aliphatic heterocycles. The molecular weight excluding hydrogens is 452 g/mol. The van der Waals surface area contributed by atoms with Gasteiger partial charge in [-0.25, -0.2) is 0 Å². The fourth-order valence-corrected chi connectivity index (χ4v) is 4.64. The Hall–Kier alpha value is -0.680. The van der Waals surface area contributed by atoms with E-state index in [0.717, 1.165) is 0 Å². The Morgan fingerprint density at radius 2 is 0.808 bits per heavy atom. The van der Waals surface area contributed by atoms with Crippen LogP contribution in [-0.2, 0) is 12.8 Å². The van der Waals surface area contributed by atoms with Gasteiger partial charge in [0, 0.05) is 12.8 Å². The van der Waals surface area contributed by atoms with E-state index >= 15 is 0 Å². The third kappa shape index (κ3) is 4.98. The molecule has 0 unspecified atom stereocenters. The highest BCUT2D eigenvalue weighted by molar-refractivity contribution is 5.15. The monoisotopic (exact) mass is 480 g/mol. The van der Waals surface area contributed by atoms with Crippen LogP contribution in [0, 0.1) is 0 Å². The maximum atomic E-state index is 2.28. The predicted molar refractivity (Wildman–Crippen MR) is 99.7 cm³/mol. The molecule has 0 atom stereocenters. The van der Waals surface area contributed by atoms with Crippen molar-refractivity contribution in [3.05, 3.63) is 71.8 Å². The summed E-state index contributed by atoms with van der Waals surface area (Å²) in [5.41, 5.74) is 3.01. The van der Waals surface area contributed by atoms with Crippen molar-refractivity contribution in [1.82, 2.24) is 0 Å². The fourth-order valence-electron chi connectivity index (χ4n) is 4.64. The molecule has 5 rings (SSSR count). The molecule has 4 heteroatoms. The van der Waals surface area contributed by atoms with E-state index in [1.54, 1.807) is 0 Å². The molecule has 142 valence electrons. The molecule has 26 heavy (non-hydrogen) atoms. The Morgan fingerprint density at radius 3 is 1.12 bits per heavy atom. The number of hydrogen-bond donors (Lipinski definition) is 0. The van der Waals surface area contributed by atoms with E-state index in [-0.39, 0.29) is 34.0 Å². The van der Waals surface area contributed by atoms with Crippen LogP contribution in [0.15, 0.2) is 60.7 Å². The van der Waals surface area contributed by atoms with Crippen molar-refractivity contribution < 1.29 is 42.9 Å². The molecule has 0 saturated carbocycles. The topological polar surface area (TPSA) is 0 Å². The number of benzene rings is 2. The summed E-state index contributed by atoms with van der Waals surface area (Å²) in [5.74, 6) is 0. The molecule has 2 bridgehead atoms. The quantitative estimate of drug-likeness (QED) is 0.389. The summed E-state index contributed by atoms with van der Waals surface area (Å²) >= 11 is 0. The number of fused-ring (bicyclic) bond motifs is 3. The Labute approximate surface area is 179 Å². The van der Waals surface area contributed by atoms with Crippen molar-refractivity contribution in [3.8, 4) is 0 Å². The summed E-state index contributed by atoms with van der Waals surface area (Å²) in [6.07, 6.45) is 2.48. The van der Waals surface area contributed by atoms with Crippen LogP contribution in [0.2, 0.25) is 0 Å². The Morgan fingerprint density at radius 1 is 0.500 bits per heavy atom. The molecule has 0 aliphatic carbocycles. The van der Waals surface area contributed by atoms with Crippen LogP contribution >= 0.6 is 0 Å². The van der Waals surface area contributed by atoms with Crippen molar-refractivity contribution in [1.29, 1.82) is 0 Å². The SMILES string of the molecule is [Br-].[Br-].c1ccc(CC[N+]23CC[N+](CCc4ccccc4)(CC2)CC3)cc1. The minimum Gasteiger partial charge on any atom is -1.00 e. The van der Waals surface area contributed by atoms with Gasteiger partial charge in [0.25, 0.3) is 0 Å². The largest absolute Gasteiger partial charge is 1.00 e. The number of nitrogens with zero attached hydrogens (tertiary/aromatic N) is 2. The van der Waals surface area contributed by atoms with Crippen LogP contribution in [0.1, 0.15) is 11.1 Å². The van der Waals surface area contributed by atoms with E-state index in [1.165, 1.54) is 85.3 Å². The normalized spacial score (nSPS) is 26.6. The predicted octanol–water partition coefficient (Wildman–Crippen LogP) is -2.86. The van der Waals surface area contributed by atoms with Crippen LogP contribution in [0.5, 0.6) is 0 Å². The van der Waals surface area contributed by atoms with Crippen LogP contribution in [-0.4, -0.2) is 61.3 Å². The van der Waals surface area contributed by atoms with Crippen molar-refractivity contribution in [2.45, 2.75) is 12.8 Å². The lowest BCUT2D eigenvalue weighted by Crippen LogP contribution is -3.00. The lowest BCUT2D eigenvalue weighted by Gasteiger charge is -2.55. The maximum absolute atomic E-state index is 2.28. The van der Waals surface area contributed by atoms with Crippen LogP contribution < -0.4 is 34.0 Å². The molecular formula is C22H30Br2N2. The molecule has 0 aromatic heterocycles. The van der Waals surface area contributed by atoms with Crippen molar-refractivity contribution in [3.63, 3.8) is 0 Å². The van der Waals surface area contributed by atoms with Gasteiger partial charge in [0.1, 0.15) is 39.3 Å². The first kappa shape index (κ1) is 21.6. The molecule has 0 radical (unpaired) electrons. The van der Waals surface area contributed by atoms with Gasteiger partial charge in [-0.2, -0.15) is 0 Å². The van der Waals surface area contributed by atoms with Gasteiger partial charge in [0.15, 0.2) is 0 Å². The highest BCUT2D eigenvalue weighted by Gasteiger charge is 2.48. The number of quaternary nitrogens is 2. The molecule has 0 spiro atoms. The van der Waals surface area contributed by atoms with E-state index < -0.39 is 0 Å². The lowest BCUT2D eigenvalue weighted by atomic mass is 10.0. The van der Waals surface area contributed by atoms with Gasteiger partial charge in [-0.3, -0.25) is 0 Å². The van der Waals surface area contributed by atoms with Crippen LogP contribution in [0.4, 0.5) is 0 Å². The molecule has 2 aromatic carbocycles. The fraction of sp³-hybridized carbons (Fsp3) is 0.455. The average molecular weight is 482 g/mol. The molecule has 3 fully saturated rings. The minimum absolute atomic E-state index is 0. The van der Waals surface area contributed by atoms with Gasteiger partial charge < -0.3 is 42.9 Å². The second kappa shape index (κ2) is 9.50. The van der Waals surface area contributed by atoms with Crippen molar-refractivity contribution >= 4 is 0 Å². The van der Waals surface area contributed by atoms with E-state index in [1.807, 2.05) is 0 Å². The zero-order valence-electron chi connectivity index (χ0n) is 15.5. The Bertz CT molecular complexity index is 576. The van der Waals surface area contributed by atoms with Crippen LogP contribution in [0.25, 0.3) is 0 Å². The highest BCUT2D eigenvalue weighted by Crippen LogP contribution is 2.27. The van der Waals surface area contributed by atoms with E-state index in [4.69, 9.17) is 0 Å². The van der Waals surface area contributed by atoms with Crippen LogP contribution in [0.3, 0.4) is 0 Å². The standard InChI is InChI=1S/C22H30N2.2BrH/c1-3-7-21(8-4-1)11-13-23-15-18-24(19-16-23,20-17-23)14-12-22-9-5-2-6-10-22;;/h1-10H,11-20H2;2*1H/q+2;;/p-2. The first-order valence-corrected chi connectivity index (χ1v) is 9.56. The summed E-state index contributed by atoms with van der Waals surface area (Å²) in [5, 5.41) is 0. The second-order valence-electron chi connectivity index (χ2n) is 7.94. The summed E-state index contributed by atoms with van der Waals surface area (Å²) < 4.78 is 2.75. The zero-order valence-corrected chi connectivity index (χ0v) is 18.7. The van der Waals surface area contributed by atoms with Crippen molar-refractivity contribution in [2.24, 2.45) is 0 Å². The molecule has 3 saturated heterocycles.